The molecule has 0 spiro atoms. The molecule has 1 aromatic heterocycles. The molecule has 200 valence electrons. The van der Waals surface area contributed by atoms with Gasteiger partial charge in [0, 0.05) is 47.0 Å². The Morgan fingerprint density at radius 2 is 1.73 bits per heavy atom. The van der Waals surface area contributed by atoms with Gasteiger partial charge >= 0.3 is 5.97 Å². The number of hydrogen-bond donors (Lipinski definition) is 4. The number of aromatic nitrogens is 2. The second-order valence-corrected chi connectivity index (χ2v) is 9.34. The molecule has 0 saturated carbocycles. The minimum atomic E-state index is -0.907. The fraction of sp³-hybridized carbons (Fsp3) is 0.100. The number of aryl methyl sites for hydroxylation is 2. The number of benzene rings is 3. The zero-order valence-electron chi connectivity index (χ0n) is 21.7. The van der Waals surface area contributed by atoms with Crippen LogP contribution in [0.3, 0.4) is 0 Å². The highest BCUT2D eigenvalue weighted by atomic mass is 16.4. The maximum atomic E-state index is 13.3. The maximum absolute atomic E-state index is 13.3. The minimum Gasteiger partial charge on any atom is -0.481 e. The number of carboxylic acids is 1. The van der Waals surface area contributed by atoms with Gasteiger partial charge in [-0.1, -0.05) is 36.4 Å². The van der Waals surface area contributed by atoms with Crippen molar-refractivity contribution in [1.29, 1.82) is 0 Å². The molecule has 2 amide bonds. The van der Waals surface area contributed by atoms with Crippen LogP contribution in [0.15, 0.2) is 79.0 Å². The summed E-state index contributed by atoms with van der Waals surface area (Å²) in [5, 5.41) is 21.7. The van der Waals surface area contributed by atoms with Crippen LogP contribution >= 0.6 is 0 Å². The molecule has 4 aromatic rings. The van der Waals surface area contributed by atoms with Gasteiger partial charge in [-0.15, -0.1) is 0 Å². The van der Waals surface area contributed by atoms with E-state index in [1.54, 1.807) is 93.0 Å². The van der Waals surface area contributed by atoms with E-state index in [9.17, 15) is 19.2 Å². The van der Waals surface area contributed by atoms with Crippen molar-refractivity contribution in [3.8, 4) is 0 Å². The fourth-order valence-electron chi connectivity index (χ4n) is 4.45. The number of rotatable bonds is 8. The van der Waals surface area contributed by atoms with Gasteiger partial charge in [0.25, 0.3) is 11.8 Å². The molecule has 3 aromatic carbocycles. The van der Waals surface area contributed by atoms with Crippen molar-refractivity contribution in [2.24, 2.45) is 7.05 Å². The third kappa shape index (κ3) is 5.51. The molecular formula is C30H25N5O5. The van der Waals surface area contributed by atoms with Crippen molar-refractivity contribution in [3.63, 3.8) is 0 Å². The fourth-order valence-corrected chi connectivity index (χ4v) is 4.45. The molecule has 0 saturated heterocycles. The molecule has 0 fully saturated rings. The number of carbonyl (C=O) groups excluding carboxylic acids is 3. The summed E-state index contributed by atoms with van der Waals surface area (Å²) in [7, 11) is 1.69. The Bertz CT molecular complexity index is 1700. The highest BCUT2D eigenvalue weighted by molar-refractivity contribution is 6.32. The van der Waals surface area contributed by atoms with Crippen LogP contribution in [0.25, 0.3) is 5.57 Å². The Kier molecular flexibility index (Phi) is 6.98. The standard InChI is InChI=1S/C30H25N5O5/c1-17-12-26(35(2)34-17)30(40)32-22-5-3-4-19(14-22)28(38)20-8-11-23-24(29(39)33-25(23)15-20)16-31-21-9-6-18(7-10-21)13-27(36)37/h3-12,14-16,31H,13H2,1-2H3,(H,32,40)(H,33,39)(H,36,37)/b24-16-. The lowest BCUT2D eigenvalue weighted by atomic mass is 9.99. The summed E-state index contributed by atoms with van der Waals surface area (Å²) < 4.78 is 1.49. The second kappa shape index (κ2) is 10.7. The highest BCUT2D eigenvalue weighted by Gasteiger charge is 2.25. The summed E-state index contributed by atoms with van der Waals surface area (Å²) in [6.45, 7) is 1.80. The van der Waals surface area contributed by atoms with Gasteiger partial charge in [-0.05, 0) is 48.9 Å². The number of nitrogens with zero attached hydrogens (tertiary/aromatic N) is 2. The topological polar surface area (TPSA) is 142 Å². The molecule has 40 heavy (non-hydrogen) atoms. The number of fused-ring (bicyclic) bond motifs is 1. The monoisotopic (exact) mass is 535 g/mol. The average molecular weight is 536 g/mol. The van der Waals surface area contributed by atoms with Gasteiger partial charge < -0.3 is 21.1 Å². The first-order valence-corrected chi connectivity index (χ1v) is 12.4. The van der Waals surface area contributed by atoms with Gasteiger partial charge in [-0.3, -0.25) is 23.9 Å². The molecule has 0 aliphatic carbocycles. The van der Waals surface area contributed by atoms with Gasteiger partial charge in [0.1, 0.15) is 5.69 Å². The van der Waals surface area contributed by atoms with Gasteiger partial charge in [0.05, 0.1) is 17.7 Å². The Morgan fingerprint density at radius 3 is 2.42 bits per heavy atom. The van der Waals surface area contributed by atoms with E-state index in [-0.39, 0.29) is 24.0 Å². The molecule has 1 aliphatic heterocycles. The zero-order valence-corrected chi connectivity index (χ0v) is 21.7. The molecular weight excluding hydrogens is 510 g/mol. The van der Waals surface area contributed by atoms with E-state index in [0.717, 1.165) is 5.69 Å². The highest BCUT2D eigenvalue weighted by Crippen LogP contribution is 2.33. The van der Waals surface area contributed by atoms with Crippen LogP contribution in [0.2, 0.25) is 0 Å². The van der Waals surface area contributed by atoms with Crippen LogP contribution in [0, 0.1) is 6.92 Å². The summed E-state index contributed by atoms with van der Waals surface area (Å²) in [6, 6.07) is 20.2. The van der Waals surface area contributed by atoms with Crippen LogP contribution in [0.1, 0.15) is 43.2 Å². The number of anilines is 3. The number of nitrogens with one attached hydrogen (secondary N) is 3. The summed E-state index contributed by atoms with van der Waals surface area (Å²) in [5.74, 6) is -1.82. The molecule has 0 atom stereocenters. The molecule has 0 unspecified atom stereocenters. The first-order chi connectivity index (χ1) is 19.2. The molecule has 1 aliphatic rings. The third-order valence-corrected chi connectivity index (χ3v) is 6.37. The van der Waals surface area contributed by atoms with Gasteiger partial charge in [-0.25, -0.2) is 0 Å². The van der Waals surface area contributed by atoms with Gasteiger partial charge in [0.15, 0.2) is 5.78 Å². The summed E-state index contributed by atoms with van der Waals surface area (Å²) in [4.78, 5) is 49.4. The largest absolute Gasteiger partial charge is 0.481 e. The van der Waals surface area contributed by atoms with E-state index in [1.165, 1.54) is 4.68 Å². The summed E-state index contributed by atoms with van der Waals surface area (Å²) >= 11 is 0. The zero-order chi connectivity index (χ0) is 28.4. The van der Waals surface area contributed by atoms with Crippen molar-refractivity contribution in [1.82, 2.24) is 9.78 Å². The Morgan fingerprint density at radius 1 is 0.975 bits per heavy atom. The van der Waals surface area contributed by atoms with Crippen molar-refractivity contribution in [3.05, 3.63) is 113 Å². The number of aliphatic carboxylic acids is 1. The Hall–Kier alpha value is -5.51. The van der Waals surface area contributed by atoms with E-state index < -0.39 is 5.97 Å². The van der Waals surface area contributed by atoms with Crippen LogP contribution in [-0.2, 0) is 23.1 Å². The first kappa shape index (κ1) is 26.1. The van der Waals surface area contributed by atoms with Gasteiger partial charge in [0.2, 0.25) is 0 Å². The molecule has 10 heteroatoms. The number of ketones is 1. The van der Waals surface area contributed by atoms with E-state index in [0.29, 0.717) is 50.6 Å². The summed E-state index contributed by atoms with van der Waals surface area (Å²) in [5.41, 5.74) is 5.28. The third-order valence-electron chi connectivity index (χ3n) is 6.37. The van der Waals surface area contributed by atoms with Crippen molar-refractivity contribution in [2.75, 3.05) is 16.0 Å². The SMILES string of the molecule is Cc1cc(C(=O)Nc2cccc(C(=O)c3ccc4c(c3)NC(=O)/C4=C\Nc3ccc(CC(=O)O)cc3)c2)n(C)n1. The predicted octanol–water partition coefficient (Wildman–Crippen LogP) is 4.24. The van der Waals surface area contributed by atoms with Crippen molar-refractivity contribution >= 4 is 46.2 Å². The molecule has 2 heterocycles. The van der Waals surface area contributed by atoms with Gasteiger partial charge in [-0.2, -0.15) is 5.10 Å². The molecule has 0 radical (unpaired) electrons. The normalized spacial score (nSPS) is 13.1. The second-order valence-electron chi connectivity index (χ2n) is 9.34. The predicted molar refractivity (Wildman–Crippen MR) is 150 cm³/mol. The molecule has 5 rings (SSSR count). The number of hydrogen-bond acceptors (Lipinski definition) is 6. The van der Waals surface area contributed by atoms with Crippen molar-refractivity contribution < 1.29 is 24.3 Å². The smallest absolute Gasteiger partial charge is 0.307 e. The van der Waals surface area contributed by atoms with E-state index in [1.807, 2.05) is 0 Å². The first-order valence-electron chi connectivity index (χ1n) is 12.4. The van der Waals surface area contributed by atoms with E-state index in [2.05, 4.69) is 21.0 Å². The van der Waals surface area contributed by atoms with Crippen LogP contribution in [0.5, 0.6) is 0 Å². The average Bonchev–Trinajstić information content (AvgIpc) is 3.43. The van der Waals surface area contributed by atoms with Crippen LogP contribution in [-0.4, -0.2) is 38.5 Å². The molecule has 4 N–H and O–H groups in total. The number of amides is 2. The molecule has 10 nitrogen and oxygen atoms in total. The maximum Gasteiger partial charge on any atom is 0.307 e. The van der Waals surface area contributed by atoms with E-state index in [4.69, 9.17) is 5.11 Å². The van der Waals surface area contributed by atoms with Crippen LogP contribution < -0.4 is 16.0 Å². The minimum absolute atomic E-state index is 0.0673. The Labute approximate surface area is 229 Å². The van der Waals surface area contributed by atoms with Crippen LogP contribution in [0.4, 0.5) is 17.1 Å². The number of carboxylic acid groups (broad SMARTS) is 1. The summed E-state index contributed by atoms with van der Waals surface area (Å²) in [6.07, 6.45) is 1.51. The molecule has 0 bridgehead atoms. The number of carbonyl (C=O) groups is 4. The lowest BCUT2D eigenvalue weighted by Gasteiger charge is -2.08. The lowest BCUT2D eigenvalue weighted by Crippen LogP contribution is -2.16. The van der Waals surface area contributed by atoms with Crippen molar-refractivity contribution in [2.45, 2.75) is 13.3 Å². The van der Waals surface area contributed by atoms with E-state index >= 15 is 0 Å². The lowest BCUT2D eigenvalue weighted by molar-refractivity contribution is -0.136. The quantitative estimate of drug-likeness (QED) is 0.195. The Balaban J connectivity index is 1.31.